The summed E-state index contributed by atoms with van der Waals surface area (Å²) in [5.74, 6) is 0.465. The molecule has 0 bridgehead atoms. The lowest BCUT2D eigenvalue weighted by Crippen LogP contribution is -2.45. The third kappa shape index (κ3) is 4.87. The second-order valence-corrected chi connectivity index (χ2v) is 8.97. The molecule has 192 valence electrons. The molecule has 3 aromatic rings. The second kappa shape index (κ2) is 10.7. The third-order valence-electron chi connectivity index (χ3n) is 6.83. The highest BCUT2D eigenvalue weighted by Gasteiger charge is 2.54. The van der Waals surface area contributed by atoms with Gasteiger partial charge in [0.25, 0.3) is 5.91 Å². The van der Waals surface area contributed by atoms with Crippen LogP contribution in [0.3, 0.4) is 0 Å². The topological polar surface area (TPSA) is 97.0 Å². The summed E-state index contributed by atoms with van der Waals surface area (Å²) >= 11 is 0. The van der Waals surface area contributed by atoms with Crippen molar-refractivity contribution in [1.82, 2.24) is 10.2 Å². The minimum absolute atomic E-state index is 0.242. The van der Waals surface area contributed by atoms with Gasteiger partial charge in [-0.1, -0.05) is 56.3 Å². The van der Waals surface area contributed by atoms with Crippen molar-refractivity contribution in [1.29, 1.82) is 0 Å². The van der Waals surface area contributed by atoms with E-state index < -0.39 is 29.9 Å². The van der Waals surface area contributed by atoms with Crippen molar-refractivity contribution < 1.29 is 23.9 Å². The number of methoxy groups -OCH3 is 2. The van der Waals surface area contributed by atoms with E-state index in [2.05, 4.69) is 24.5 Å². The minimum Gasteiger partial charge on any atom is -0.497 e. The average Bonchev–Trinajstić information content (AvgIpc) is 3.18. The maximum atomic E-state index is 14.0. The van der Waals surface area contributed by atoms with Gasteiger partial charge in [-0.05, 0) is 59.4 Å². The van der Waals surface area contributed by atoms with Crippen molar-refractivity contribution in [2.45, 2.75) is 31.7 Å². The second-order valence-electron chi connectivity index (χ2n) is 8.97. The quantitative estimate of drug-likeness (QED) is 0.416. The van der Waals surface area contributed by atoms with Crippen molar-refractivity contribution in [2.24, 2.45) is 0 Å². The first kappa shape index (κ1) is 25.8. The van der Waals surface area contributed by atoms with Gasteiger partial charge in [0.15, 0.2) is 5.54 Å². The number of nitrogens with zero attached hydrogens (tertiary/aromatic N) is 1. The molecule has 1 fully saturated rings. The molecule has 1 unspecified atom stereocenters. The van der Waals surface area contributed by atoms with Crippen molar-refractivity contribution in [3.8, 4) is 11.5 Å². The van der Waals surface area contributed by atoms with Gasteiger partial charge < -0.3 is 20.1 Å². The van der Waals surface area contributed by atoms with E-state index in [9.17, 15) is 14.4 Å². The fourth-order valence-electron chi connectivity index (χ4n) is 4.55. The number of carbonyl (C=O) groups is 3. The molecule has 1 aliphatic rings. The fourth-order valence-corrected chi connectivity index (χ4v) is 4.55. The predicted molar refractivity (Wildman–Crippen MR) is 141 cm³/mol. The lowest BCUT2D eigenvalue weighted by molar-refractivity contribution is -0.133. The third-order valence-corrected chi connectivity index (χ3v) is 6.83. The number of ether oxygens (including phenoxy) is 2. The highest BCUT2D eigenvalue weighted by atomic mass is 16.5. The van der Waals surface area contributed by atoms with E-state index in [1.54, 1.807) is 62.8 Å². The maximum absolute atomic E-state index is 14.0. The molecule has 1 saturated heterocycles. The van der Waals surface area contributed by atoms with Crippen LogP contribution in [0.1, 0.15) is 42.9 Å². The molecule has 0 saturated carbocycles. The molecule has 8 heteroatoms. The molecule has 0 radical (unpaired) electrons. The molecular weight excluding hydrogens is 470 g/mol. The standard InChI is InChI=1S/C29H31N3O5/c1-5-19(2)24-8-6-7-9-25(24)30-26(33)18-32-27(34)29(31-28(32)35,20-10-14-22(36-3)15-11-20)21-12-16-23(37-4)17-13-21/h6-17,19H,5,18H2,1-4H3,(H,30,33)(H,31,35). The lowest BCUT2D eigenvalue weighted by Gasteiger charge is -2.28. The molecule has 0 aliphatic carbocycles. The molecule has 1 atom stereocenters. The van der Waals surface area contributed by atoms with Crippen LogP contribution in [0.15, 0.2) is 72.8 Å². The molecule has 4 rings (SSSR count). The summed E-state index contributed by atoms with van der Waals surface area (Å²) < 4.78 is 10.5. The normalized spacial score (nSPS) is 15.2. The highest BCUT2D eigenvalue weighted by molar-refractivity contribution is 6.12. The molecular formula is C29H31N3O5. The number of benzene rings is 3. The molecule has 37 heavy (non-hydrogen) atoms. The van der Waals surface area contributed by atoms with Gasteiger partial charge in [-0.3, -0.25) is 14.5 Å². The number of imide groups is 1. The Morgan fingerprint density at radius 3 is 1.97 bits per heavy atom. The number of carbonyl (C=O) groups excluding carboxylic acids is 3. The number of anilines is 1. The zero-order valence-electron chi connectivity index (χ0n) is 21.4. The molecule has 8 nitrogen and oxygen atoms in total. The van der Waals surface area contributed by atoms with E-state index in [-0.39, 0.29) is 5.92 Å². The van der Waals surface area contributed by atoms with Crippen molar-refractivity contribution in [3.63, 3.8) is 0 Å². The van der Waals surface area contributed by atoms with Crippen LogP contribution >= 0.6 is 0 Å². The van der Waals surface area contributed by atoms with E-state index in [1.165, 1.54) is 0 Å². The molecule has 1 aliphatic heterocycles. The first-order valence-electron chi connectivity index (χ1n) is 12.2. The summed E-state index contributed by atoms with van der Waals surface area (Å²) in [6.07, 6.45) is 0.909. The summed E-state index contributed by atoms with van der Waals surface area (Å²) in [5.41, 5.74) is 1.25. The first-order valence-corrected chi connectivity index (χ1v) is 12.2. The Morgan fingerprint density at radius 2 is 1.46 bits per heavy atom. The fraction of sp³-hybridized carbons (Fsp3) is 0.276. The Labute approximate surface area is 216 Å². The number of hydrogen-bond donors (Lipinski definition) is 2. The zero-order valence-corrected chi connectivity index (χ0v) is 21.4. The van der Waals surface area contributed by atoms with Gasteiger partial charge in [0.1, 0.15) is 18.0 Å². The van der Waals surface area contributed by atoms with Gasteiger partial charge in [0.05, 0.1) is 14.2 Å². The van der Waals surface area contributed by atoms with Crippen molar-refractivity contribution >= 4 is 23.5 Å². The number of urea groups is 1. The van der Waals surface area contributed by atoms with E-state index >= 15 is 0 Å². The van der Waals surface area contributed by atoms with Crippen LogP contribution in [-0.4, -0.2) is 43.5 Å². The number of hydrogen-bond acceptors (Lipinski definition) is 5. The van der Waals surface area contributed by atoms with Crippen LogP contribution < -0.4 is 20.1 Å². The number of amides is 4. The Balaban J connectivity index is 1.66. The smallest absolute Gasteiger partial charge is 0.326 e. The van der Waals surface area contributed by atoms with Crippen LogP contribution in [0, 0.1) is 0 Å². The van der Waals surface area contributed by atoms with Crippen LogP contribution in [0.5, 0.6) is 11.5 Å². The molecule has 4 amide bonds. The monoisotopic (exact) mass is 501 g/mol. The Bertz CT molecular complexity index is 1240. The molecule has 0 spiro atoms. The predicted octanol–water partition coefficient (Wildman–Crippen LogP) is 4.65. The minimum atomic E-state index is -1.51. The van der Waals surface area contributed by atoms with Crippen LogP contribution in [0.4, 0.5) is 10.5 Å². The van der Waals surface area contributed by atoms with E-state index in [0.717, 1.165) is 16.9 Å². The zero-order chi connectivity index (χ0) is 26.6. The van der Waals surface area contributed by atoms with E-state index in [4.69, 9.17) is 9.47 Å². The lowest BCUT2D eigenvalue weighted by atomic mass is 9.82. The van der Waals surface area contributed by atoms with E-state index in [1.807, 2.05) is 24.3 Å². The SMILES string of the molecule is CCC(C)c1ccccc1NC(=O)CN1C(=O)NC(c2ccc(OC)cc2)(c2ccc(OC)cc2)C1=O. The Hall–Kier alpha value is -4.33. The summed E-state index contributed by atoms with van der Waals surface area (Å²) in [6.45, 7) is 3.74. The van der Waals surface area contributed by atoms with Crippen LogP contribution in [-0.2, 0) is 15.1 Å². The summed E-state index contributed by atoms with van der Waals surface area (Å²) in [5, 5.41) is 5.74. The highest BCUT2D eigenvalue weighted by Crippen LogP contribution is 2.37. The molecule has 0 aromatic heterocycles. The Morgan fingerprint density at radius 1 is 0.919 bits per heavy atom. The molecule has 3 aromatic carbocycles. The summed E-state index contributed by atoms with van der Waals surface area (Å²) in [6, 6.07) is 20.7. The van der Waals surface area contributed by atoms with Gasteiger partial charge in [-0.15, -0.1) is 0 Å². The van der Waals surface area contributed by atoms with Gasteiger partial charge in [-0.2, -0.15) is 0 Å². The average molecular weight is 502 g/mol. The number of nitrogens with one attached hydrogen (secondary N) is 2. The number of rotatable bonds is 9. The molecule has 2 N–H and O–H groups in total. The largest absolute Gasteiger partial charge is 0.497 e. The van der Waals surface area contributed by atoms with Gasteiger partial charge >= 0.3 is 6.03 Å². The van der Waals surface area contributed by atoms with Crippen molar-refractivity contribution in [2.75, 3.05) is 26.1 Å². The van der Waals surface area contributed by atoms with Gasteiger partial charge in [0, 0.05) is 5.69 Å². The van der Waals surface area contributed by atoms with Gasteiger partial charge in [0.2, 0.25) is 5.91 Å². The van der Waals surface area contributed by atoms with Crippen LogP contribution in [0.25, 0.3) is 0 Å². The Kier molecular flexibility index (Phi) is 7.47. The maximum Gasteiger partial charge on any atom is 0.326 e. The summed E-state index contributed by atoms with van der Waals surface area (Å²) in [7, 11) is 3.10. The molecule has 1 heterocycles. The summed E-state index contributed by atoms with van der Waals surface area (Å²) in [4.78, 5) is 41.1. The van der Waals surface area contributed by atoms with Gasteiger partial charge in [-0.25, -0.2) is 4.79 Å². The van der Waals surface area contributed by atoms with Crippen LogP contribution in [0.2, 0.25) is 0 Å². The number of para-hydroxylation sites is 1. The first-order chi connectivity index (χ1) is 17.8. The van der Waals surface area contributed by atoms with E-state index in [0.29, 0.717) is 28.3 Å². The van der Waals surface area contributed by atoms with Crippen molar-refractivity contribution in [3.05, 3.63) is 89.5 Å².